The van der Waals surface area contributed by atoms with E-state index in [1.54, 1.807) is 24.3 Å². The Kier molecular flexibility index (Phi) is 5.47. The Morgan fingerprint density at radius 2 is 1.06 bits per heavy atom. The fraction of sp³-hybridized carbons (Fsp3) is 0.226. The van der Waals surface area contributed by atoms with Crippen molar-refractivity contribution in [2.24, 2.45) is 9.98 Å². The van der Waals surface area contributed by atoms with Gasteiger partial charge in [-0.3, -0.25) is 9.59 Å². The molecule has 0 bridgehead atoms. The summed E-state index contributed by atoms with van der Waals surface area (Å²) < 4.78 is 0. The molecule has 0 atom stereocenters. The van der Waals surface area contributed by atoms with Crippen LogP contribution in [0.4, 0.5) is 0 Å². The molecule has 2 aliphatic rings. The lowest BCUT2D eigenvalue weighted by Gasteiger charge is -2.16. The van der Waals surface area contributed by atoms with Gasteiger partial charge < -0.3 is 0 Å². The van der Waals surface area contributed by atoms with Gasteiger partial charge in [-0.15, -0.1) is 0 Å². The summed E-state index contributed by atoms with van der Waals surface area (Å²) in [5.74, 6) is 0.105. The van der Waals surface area contributed by atoms with E-state index in [4.69, 9.17) is 9.98 Å². The molecule has 4 heteroatoms. The van der Waals surface area contributed by atoms with Crippen LogP contribution in [0.1, 0.15) is 71.6 Å². The van der Waals surface area contributed by atoms with E-state index in [1.807, 2.05) is 0 Å². The van der Waals surface area contributed by atoms with Gasteiger partial charge >= 0.3 is 0 Å². The van der Waals surface area contributed by atoms with Gasteiger partial charge in [0.2, 0.25) is 0 Å². The Morgan fingerprint density at radius 3 is 1.51 bits per heavy atom. The highest BCUT2D eigenvalue weighted by molar-refractivity contribution is 6.56. The molecule has 0 saturated heterocycles. The third-order valence-corrected chi connectivity index (χ3v) is 6.84. The minimum Gasteiger partial charge on any atom is -0.294 e. The smallest absolute Gasteiger partial charge is 0.193 e. The van der Waals surface area contributed by atoms with Crippen LogP contribution in [-0.2, 0) is 0 Å². The Bertz CT molecular complexity index is 1430. The average molecular weight is 461 g/mol. The summed E-state index contributed by atoms with van der Waals surface area (Å²) in [5, 5.41) is 0. The van der Waals surface area contributed by atoms with Crippen LogP contribution < -0.4 is 0 Å². The lowest BCUT2D eigenvalue weighted by atomic mass is 9.86. The maximum Gasteiger partial charge on any atom is 0.193 e. The molecule has 0 spiro atoms. The summed E-state index contributed by atoms with van der Waals surface area (Å²) in [7, 11) is 0. The Morgan fingerprint density at radius 1 is 0.629 bits per heavy atom. The molecule has 3 aromatic rings. The molecule has 0 fully saturated rings. The number of aryl methyl sites for hydroxylation is 6. The first-order valence-corrected chi connectivity index (χ1v) is 11.9. The van der Waals surface area contributed by atoms with E-state index in [2.05, 4.69) is 65.8 Å². The molecule has 3 aromatic carbocycles. The Balaban J connectivity index is 1.79. The number of Topliss-reactive ketones (excluding diaryl/α,β-unsaturated/α-hetero) is 2. The number of fused-ring (bicyclic) bond motifs is 1. The molecular weight excluding hydrogens is 432 g/mol. The van der Waals surface area contributed by atoms with Gasteiger partial charge in [0.1, 0.15) is 0 Å². The summed E-state index contributed by atoms with van der Waals surface area (Å²) in [6.45, 7) is 12.5. The number of carbonyl (C=O) groups is 2. The topological polar surface area (TPSA) is 58.9 Å². The highest BCUT2D eigenvalue weighted by atomic mass is 16.1. The van der Waals surface area contributed by atoms with Crippen molar-refractivity contribution in [2.45, 2.75) is 48.0 Å². The van der Waals surface area contributed by atoms with Gasteiger partial charge in [0.05, 0.1) is 17.0 Å². The van der Waals surface area contributed by atoms with Crippen molar-refractivity contribution in [2.75, 3.05) is 0 Å². The first kappa shape index (κ1) is 22.9. The molecule has 1 aliphatic heterocycles. The summed E-state index contributed by atoms with van der Waals surface area (Å²) in [5.41, 5.74) is 11.7. The minimum atomic E-state index is -0.169. The van der Waals surface area contributed by atoms with E-state index in [1.165, 1.54) is 11.1 Å². The van der Waals surface area contributed by atoms with Gasteiger partial charge in [-0.05, 0) is 63.8 Å². The number of benzene rings is 3. The van der Waals surface area contributed by atoms with Crippen LogP contribution in [0.3, 0.4) is 0 Å². The number of carbonyl (C=O) groups excluding carboxylic acids is 2. The number of aliphatic imine (C=N–C) groups is 2. The molecule has 0 saturated carbocycles. The fourth-order valence-corrected chi connectivity index (χ4v) is 5.54. The Labute approximate surface area is 206 Å². The molecule has 1 aliphatic carbocycles. The second-order valence-electron chi connectivity index (χ2n) is 9.75. The summed E-state index contributed by atoms with van der Waals surface area (Å²) in [6.07, 6.45) is 0.0104. The third-order valence-electron chi connectivity index (χ3n) is 6.84. The molecule has 4 nitrogen and oxygen atoms in total. The number of rotatable bonds is 2. The van der Waals surface area contributed by atoms with Gasteiger partial charge in [-0.25, -0.2) is 9.98 Å². The lowest BCUT2D eigenvalue weighted by molar-refractivity contribution is 0.0934. The summed E-state index contributed by atoms with van der Waals surface area (Å²) in [6, 6.07) is 15.6. The van der Waals surface area contributed by atoms with Crippen molar-refractivity contribution in [1.82, 2.24) is 0 Å². The van der Waals surface area contributed by atoms with Crippen LogP contribution >= 0.6 is 0 Å². The van der Waals surface area contributed by atoms with E-state index in [0.717, 1.165) is 44.8 Å². The van der Waals surface area contributed by atoms with Crippen LogP contribution in [-0.4, -0.2) is 23.0 Å². The summed E-state index contributed by atoms with van der Waals surface area (Å²) >= 11 is 0. The van der Waals surface area contributed by atoms with Crippen LogP contribution in [0.15, 0.2) is 69.9 Å². The zero-order chi connectivity index (χ0) is 25.0. The first-order chi connectivity index (χ1) is 16.7. The second kappa shape index (κ2) is 8.38. The van der Waals surface area contributed by atoms with E-state index >= 15 is 0 Å². The zero-order valence-corrected chi connectivity index (χ0v) is 21.0. The van der Waals surface area contributed by atoms with Crippen molar-refractivity contribution in [3.8, 4) is 0 Å². The van der Waals surface area contributed by atoms with Crippen LogP contribution in [0.5, 0.6) is 0 Å². The molecule has 0 N–H and O–H groups in total. The predicted octanol–water partition coefficient (Wildman–Crippen LogP) is 6.51. The molecule has 0 aromatic heterocycles. The van der Waals surface area contributed by atoms with E-state index < -0.39 is 0 Å². The monoisotopic (exact) mass is 460 g/mol. The SMILES string of the molecule is Cc1cc(C)c(C2=NC(=C3CC(=O)c4ccccc4C3=O)N=C2c2c(C)cc(C)cc2C)c(C)c1. The van der Waals surface area contributed by atoms with Crippen molar-refractivity contribution in [3.05, 3.63) is 116 Å². The predicted molar refractivity (Wildman–Crippen MR) is 141 cm³/mol. The lowest BCUT2D eigenvalue weighted by Crippen LogP contribution is -2.20. The maximum absolute atomic E-state index is 13.4. The largest absolute Gasteiger partial charge is 0.294 e. The number of ketones is 2. The van der Waals surface area contributed by atoms with E-state index in [0.29, 0.717) is 22.5 Å². The zero-order valence-electron chi connectivity index (χ0n) is 21.0. The van der Waals surface area contributed by atoms with Gasteiger partial charge in [0, 0.05) is 28.7 Å². The highest BCUT2D eigenvalue weighted by Crippen LogP contribution is 2.33. The minimum absolute atomic E-state index is 0.0104. The van der Waals surface area contributed by atoms with Crippen LogP contribution in [0.25, 0.3) is 0 Å². The number of hydrogen-bond donors (Lipinski definition) is 0. The van der Waals surface area contributed by atoms with Crippen molar-refractivity contribution >= 4 is 23.0 Å². The van der Waals surface area contributed by atoms with Gasteiger partial charge in [-0.2, -0.15) is 0 Å². The van der Waals surface area contributed by atoms with Crippen LogP contribution in [0, 0.1) is 41.5 Å². The first-order valence-electron chi connectivity index (χ1n) is 11.9. The van der Waals surface area contributed by atoms with Crippen molar-refractivity contribution in [3.63, 3.8) is 0 Å². The summed E-state index contributed by atoms with van der Waals surface area (Å²) in [4.78, 5) is 36.3. The normalized spacial score (nSPS) is 15.4. The molecule has 174 valence electrons. The molecule has 5 rings (SSSR count). The second-order valence-corrected chi connectivity index (χ2v) is 9.75. The highest BCUT2D eigenvalue weighted by Gasteiger charge is 2.33. The molecule has 0 radical (unpaired) electrons. The van der Waals surface area contributed by atoms with E-state index in [9.17, 15) is 9.59 Å². The third kappa shape index (κ3) is 3.79. The van der Waals surface area contributed by atoms with Crippen molar-refractivity contribution in [1.29, 1.82) is 0 Å². The maximum atomic E-state index is 13.4. The average Bonchev–Trinajstić information content (AvgIpc) is 3.19. The molecular formula is C31H28N2O2. The fourth-order valence-electron chi connectivity index (χ4n) is 5.54. The number of allylic oxidation sites excluding steroid dienone is 1. The van der Waals surface area contributed by atoms with Gasteiger partial charge in [0.25, 0.3) is 0 Å². The standard InChI is InChI=1S/C31H28N2O2/c1-16-11-18(3)26(19(4)12-16)28-29(27-20(5)13-17(2)14-21(27)6)33-31(32-28)24-15-25(34)22-9-7-8-10-23(22)30(24)35/h7-14H,15H2,1-6H3. The number of hydrogen-bond acceptors (Lipinski definition) is 4. The van der Waals surface area contributed by atoms with Crippen LogP contribution in [0.2, 0.25) is 0 Å². The molecule has 1 heterocycles. The molecule has 0 amide bonds. The Hall–Kier alpha value is -3.92. The number of nitrogens with zero attached hydrogens (tertiary/aromatic N) is 2. The quantitative estimate of drug-likeness (QED) is 0.409. The van der Waals surface area contributed by atoms with Crippen molar-refractivity contribution < 1.29 is 9.59 Å². The van der Waals surface area contributed by atoms with Gasteiger partial charge in [0.15, 0.2) is 17.4 Å². The molecule has 0 unspecified atom stereocenters. The molecule has 35 heavy (non-hydrogen) atoms. The van der Waals surface area contributed by atoms with E-state index in [-0.39, 0.29) is 18.0 Å². The van der Waals surface area contributed by atoms with Gasteiger partial charge in [-0.1, -0.05) is 59.7 Å².